The van der Waals surface area contributed by atoms with Crippen molar-refractivity contribution in [1.82, 2.24) is 0 Å². The predicted molar refractivity (Wildman–Crippen MR) is 70.5 cm³/mol. The first-order chi connectivity index (χ1) is 8.65. The van der Waals surface area contributed by atoms with Crippen molar-refractivity contribution in [3.05, 3.63) is 0 Å². The third kappa shape index (κ3) is 8.55. The van der Waals surface area contributed by atoms with Gasteiger partial charge < -0.3 is 0 Å². The van der Waals surface area contributed by atoms with Crippen molar-refractivity contribution < 1.29 is 25.6 Å². The third-order valence-electron chi connectivity index (χ3n) is 1.03. The van der Waals surface area contributed by atoms with Gasteiger partial charge in [-0.3, -0.25) is 0 Å². The van der Waals surface area contributed by atoms with Gasteiger partial charge in [0, 0.05) is 0 Å². The van der Waals surface area contributed by atoms with E-state index in [9.17, 15) is 14.4 Å². The first-order valence-electron chi connectivity index (χ1n) is 3.95. The molecule has 13 heteroatoms. The quantitative estimate of drug-likeness (QED) is 0.448. The van der Waals surface area contributed by atoms with Crippen LogP contribution in [0.25, 0.3) is 0 Å². The van der Waals surface area contributed by atoms with Crippen LogP contribution in [-0.4, -0.2) is 48.1 Å². The van der Waals surface area contributed by atoms with E-state index in [0.29, 0.717) is 0 Å². The van der Waals surface area contributed by atoms with Crippen molar-refractivity contribution in [1.29, 1.82) is 0 Å². The van der Waals surface area contributed by atoms with E-state index in [2.05, 4.69) is 11.2 Å². The summed E-state index contributed by atoms with van der Waals surface area (Å²) < 4.78 is 13.4. The molecule has 0 unspecified atom stereocenters. The topological polar surface area (TPSA) is 78.9 Å². The normalized spacial score (nSPS) is 11.1. The van der Waals surface area contributed by atoms with Crippen molar-refractivity contribution in [2.75, 3.05) is 0 Å². The molecule has 0 aliphatic heterocycles. The van der Waals surface area contributed by atoms with Crippen LogP contribution in [0.4, 0.5) is 0 Å². The summed E-state index contributed by atoms with van der Waals surface area (Å²) in [6, 6.07) is 0. The molecule has 0 saturated heterocycles. The van der Waals surface area contributed by atoms with Crippen LogP contribution in [0.1, 0.15) is 0 Å². The zero-order valence-electron chi connectivity index (χ0n) is 8.40. The van der Waals surface area contributed by atoms with Gasteiger partial charge in [-0.25, -0.2) is 0 Å². The molecule has 0 amide bonds. The van der Waals surface area contributed by atoms with Gasteiger partial charge in [0.2, 0.25) is 0 Å². The number of hydrogen-bond donors (Lipinski definition) is 0. The van der Waals surface area contributed by atoms with E-state index < -0.39 is 48.1 Å². The van der Waals surface area contributed by atoms with Crippen LogP contribution in [-0.2, 0) is 25.6 Å². The Bertz CT molecular complexity index is 297. The van der Waals surface area contributed by atoms with Gasteiger partial charge in [-0.1, -0.05) is 0 Å². The molecule has 110 valence electrons. The van der Waals surface area contributed by atoms with E-state index in [0.717, 1.165) is 0 Å². The Kier molecular flexibility index (Phi) is 9.97. The van der Waals surface area contributed by atoms with Crippen LogP contribution < -0.4 is 0 Å². The first-order valence-corrected chi connectivity index (χ1v) is 8.86. The molecule has 0 bridgehead atoms. The molecule has 0 spiro atoms. The van der Waals surface area contributed by atoms with Gasteiger partial charge in [0.15, 0.2) is 0 Å². The second-order valence-electron chi connectivity index (χ2n) is 2.36. The van der Waals surface area contributed by atoms with Gasteiger partial charge in [0.05, 0.1) is 0 Å². The van der Waals surface area contributed by atoms with Crippen molar-refractivity contribution in [2.45, 2.75) is 14.5 Å². The average molecular weight is 459 g/mol. The predicted octanol–water partition coefficient (Wildman–Crippen LogP) is 2.01. The number of alkyl halides is 6. The molecule has 0 rings (SSSR count). The Balaban J connectivity index is 4.68. The zero-order valence-corrected chi connectivity index (χ0v) is 14.8. The molecule has 0 aromatic rings. The fourth-order valence-electron chi connectivity index (χ4n) is 0.396. The number of carbonyl (C=O) groups is 3. The van der Waals surface area contributed by atoms with Crippen molar-refractivity contribution in [3.63, 3.8) is 0 Å². The maximum absolute atomic E-state index is 11.1. The monoisotopic (exact) mass is 456 g/mol. The van der Waals surface area contributed by atoms with E-state index >= 15 is 0 Å². The molecule has 0 aromatic carbocycles. The van der Waals surface area contributed by atoms with E-state index in [1.54, 1.807) is 0 Å². The molecule has 0 atom stereocenters. The minimum absolute atomic E-state index is 1.19. The molecular weight excluding hydrogens is 456 g/mol. The first kappa shape index (κ1) is 19.7. The van der Waals surface area contributed by atoms with E-state index in [1.807, 2.05) is 0 Å². The second kappa shape index (κ2) is 9.61. The molecule has 6 nitrogen and oxygen atoms in total. The third-order valence-corrected chi connectivity index (χ3v) is 4.17. The Morgan fingerprint density at radius 1 is 0.632 bits per heavy atom. The van der Waals surface area contributed by atoms with Crippen molar-refractivity contribution >= 4 is 103 Å². The number of carbonyl (C=O) groups excluding carboxylic acids is 3. The number of hydrogen-bond acceptors (Lipinski definition) is 6. The standard InChI is InChI=1S/C6H3AsCl6O6/c8-1(9)4(14)17-7(18-5(15)2(10)11)19-6(16)3(12)13/h1-3H. The Hall–Kier alpha value is 0.708. The summed E-state index contributed by atoms with van der Waals surface area (Å²) in [5.41, 5.74) is 0. The van der Waals surface area contributed by atoms with Gasteiger partial charge in [-0.05, 0) is 0 Å². The number of rotatable bonds is 6. The molecule has 0 saturated carbocycles. The van der Waals surface area contributed by atoms with Gasteiger partial charge >= 0.3 is 143 Å². The van der Waals surface area contributed by atoms with Crippen LogP contribution in [0.3, 0.4) is 0 Å². The average Bonchev–Trinajstić information content (AvgIpc) is 2.27. The molecule has 0 aromatic heterocycles. The Morgan fingerprint density at radius 2 is 0.842 bits per heavy atom. The Morgan fingerprint density at radius 3 is 1.00 bits per heavy atom. The Labute approximate surface area is 142 Å². The van der Waals surface area contributed by atoms with Crippen LogP contribution in [0, 0.1) is 0 Å². The van der Waals surface area contributed by atoms with Crippen LogP contribution >= 0.6 is 69.6 Å². The molecule has 0 fully saturated rings. The fraction of sp³-hybridized carbons (Fsp3) is 0.500. The van der Waals surface area contributed by atoms with E-state index in [1.165, 1.54) is 0 Å². The van der Waals surface area contributed by atoms with Gasteiger partial charge in [0.1, 0.15) is 0 Å². The summed E-state index contributed by atoms with van der Waals surface area (Å²) >= 11 is 27.5. The van der Waals surface area contributed by atoms with Crippen LogP contribution in [0.5, 0.6) is 0 Å². The summed E-state index contributed by atoms with van der Waals surface area (Å²) in [4.78, 5) is 28.6. The summed E-state index contributed by atoms with van der Waals surface area (Å²) in [6.07, 6.45) is 0. The molecular formula is C6H3AsCl6O6. The van der Waals surface area contributed by atoms with Crippen molar-refractivity contribution in [2.24, 2.45) is 0 Å². The van der Waals surface area contributed by atoms with Gasteiger partial charge in [-0.2, -0.15) is 0 Å². The summed E-state index contributed by atoms with van der Waals surface area (Å²) in [5, 5.41) is 0. The molecule has 0 radical (unpaired) electrons. The van der Waals surface area contributed by atoms with Crippen LogP contribution in [0.15, 0.2) is 0 Å². The summed E-state index contributed by atoms with van der Waals surface area (Å²) in [6.45, 7) is 0. The molecule has 0 aliphatic rings. The van der Waals surface area contributed by atoms with Gasteiger partial charge in [-0.15, -0.1) is 0 Å². The zero-order chi connectivity index (χ0) is 15.2. The van der Waals surface area contributed by atoms with Crippen molar-refractivity contribution in [3.8, 4) is 0 Å². The minimum atomic E-state index is -3.71. The van der Waals surface area contributed by atoms with E-state index in [4.69, 9.17) is 69.6 Å². The molecule has 19 heavy (non-hydrogen) atoms. The second-order valence-corrected chi connectivity index (χ2v) is 7.73. The summed E-state index contributed by atoms with van der Waals surface area (Å²) in [7, 11) is 0. The van der Waals surface area contributed by atoms with Gasteiger partial charge in [0.25, 0.3) is 0 Å². The molecule has 0 N–H and O–H groups in total. The number of halogens is 6. The SMILES string of the molecule is O=C(O[As](OC(=O)C(Cl)Cl)OC(=O)C(Cl)Cl)C(Cl)Cl. The maximum atomic E-state index is 11.1. The van der Waals surface area contributed by atoms with Crippen LogP contribution in [0.2, 0.25) is 0 Å². The summed E-state index contributed by atoms with van der Waals surface area (Å²) in [5.74, 6) is -3.57. The molecule has 0 aliphatic carbocycles. The molecule has 0 heterocycles. The fourth-order valence-corrected chi connectivity index (χ4v) is 3.30. The van der Waals surface area contributed by atoms with E-state index in [-0.39, 0.29) is 0 Å².